The Bertz CT molecular complexity index is 2020. The van der Waals surface area contributed by atoms with Crippen molar-refractivity contribution in [3.63, 3.8) is 0 Å². The Labute approximate surface area is 332 Å². The SMILES string of the molecule is CC1CCCCN1c1nnc2ccc(OC3CCC(NC(=O)NC(CC(=N)C(C)(C)C)=Nc4cccc(CCN5CCCN(C)CC5)c4)c4ccccc43)cn12. The molecule has 3 atom stereocenters. The van der Waals surface area contributed by atoms with Crippen molar-refractivity contribution in [2.45, 2.75) is 97.2 Å². The number of amides is 2. The van der Waals surface area contributed by atoms with Crippen LogP contribution in [0.2, 0.25) is 0 Å². The summed E-state index contributed by atoms with van der Waals surface area (Å²) in [7, 11) is 2.20. The number of ether oxygens (including phenoxy) is 1. The zero-order chi connectivity index (χ0) is 39.2. The number of carbonyl (C=O) groups excluding carboxylic acids is 1. The molecule has 2 saturated heterocycles. The summed E-state index contributed by atoms with van der Waals surface area (Å²) in [5.74, 6) is 2.08. The number of pyridine rings is 1. The molecule has 3 aliphatic rings. The van der Waals surface area contributed by atoms with E-state index < -0.39 is 0 Å². The maximum atomic E-state index is 13.8. The summed E-state index contributed by atoms with van der Waals surface area (Å²) in [6.07, 6.45) is 9.20. The van der Waals surface area contributed by atoms with Crippen molar-refractivity contribution in [1.82, 2.24) is 35.0 Å². The Balaban J connectivity index is 1.03. The number of aliphatic imine (C=N–C) groups is 1. The topological polar surface area (TPSA) is 126 Å². The van der Waals surface area contributed by atoms with Crippen LogP contribution >= 0.6 is 0 Å². The number of hydrogen-bond acceptors (Lipinski definition) is 9. The van der Waals surface area contributed by atoms with Crippen molar-refractivity contribution in [3.8, 4) is 5.75 Å². The van der Waals surface area contributed by atoms with Gasteiger partial charge < -0.3 is 30.2 Å². The van der Waals surface area contributed by atoms with E-state index in [0.717, 1.165) is 99.1 Å². The Morgan fingerprint density at radius 2 is 1.77 bits per heavy atom. The Kier molecular flexibility index (Phi) is 12.4. The van der Waals surface area contributed by atoms with Gasteiger partial charge >= 0.3 is 6.03 Å². The number of aromatic nitrogens is 3. The molecule has 2 amide bonds. The quantitative estimate of drug-likeness (QED) is 0.112. The number of carbonyl (C=O) groups is 1. The number of rotatable bonds is 10. The van der Waals surface area contributed by atoms with Crippen molar-refractivity contribution in [1.29, 1.82) is 5.41 Å². The van der Waals surface area contributed by atoms with Crippen LogP contribution in [0, 0.1) is 10.8 Å². The van der Waals surface area contributed by atoms with Crippen molar-refractivity contribution >= 4 is 34.9 Å². The molecule has 56 heavy (non-hydrogen) atoms. The third-order valence-electron chi connectivity index (χ3n) is 11.6. The third-order valence-corrected chi connectivity index (χ3v) is 11.6. The standard InChI is InChI=1S/C44H60N10O2/c1-31-12-8-9-24-53(31)43-50-49-41-20-17-34(30-54(41)43)56-38-19-18-37(35-15-6-7-16-36(35)38)47-42(55)48-40(29-39(45)44(2,3)4)46-33-14-10-13-32(28-33)21-25-52-23-11-22-51(5)26-27-52/h6-7,10,13-17,20,28,30-31,37-38,45H,8-9,11-12,18-19,21-27,29H2,1-5H3,(H2,46,47,48,55). The minimum absolute atomic E-state index is 0.170. The molecular formula is C44H60N10O2. The van der Waals surface area contributed by atoms with Crippen molar-refractivity contribution < 1.29 is 9.53 Å². The first-order valence-electron chi connectivity index (χ1n) is 20.6. The van der Waals surface area contributed by atoms with Crippen molar-refractivity contribution in [2.75, 3.05) is 51.2 Å². The molecule has 12 nitrogen and oxygen atoms in total. The smallest absolute Gasteiger partial charge is 0.320 e. The van der Waals surface area contributed by atoms with Crippen LogP contribution in [-0.4, -0.2) is 94.3 Å². The highest BCUT2D eigenvalue weighted by Gasteiger charge is 2.30. The predicted octanol–water partition coefficient (Wildman–Crippen LogP) is 7.73. The number of nitrogens with zero attached hydrogens (tertiary/aromatic N) is 7. The van der Waals surface area contributed by atoms with Gasteiger partial charge in [0.2, 0.25) is 5.95 Å². The van der Waals surface area contributed by atoms with Crippen LogP contribution in [0.5, 0.6) is 5.75 Å². The summed E-state index contributed by atoms with van der Waals surface area (Å²) in [4.78, 5) is 26.0. The maximum Gasteiger partial charge on any atom is 0.320 e. The molecule has 0 radical (unpaired) electrons. The fraction of sp³-hybridized carbons (Fsp3) is 0.523. The van der Waals surface area contributed by atoms with Gasteiger partial charge in [-0.15, -0.1) is 10.2 Å². The fourth-order valence-corrected chi connectivity index (χ4v) is 8.12. The lowest BCUT2D eigenvalue weighted by atomic mass is 9.85. The highest BCUT2D eigenvalue weighted by molar-refractivity contribution is 6.09. The minimum atomic E-state index is -0.355. The normalized spacial score (nSPS) is 21.3. The molecule has 7 rings (SSSR count). The number of piperidine rings is 1. The van der Waals surface area contributed by atoms with Crippen LogP contribution in [0.25, 0.3) is 5.65 Å². The van der Waals surface area contributed by atoms with Crippen LogP contribution in [-0.2, 0) is 6.42 Å². The monoisotopic (exact) mass is 760 g/mol. The molecule has 3 N–H and O–H groups in total. The number of nitrogens with one attached hydrogen (secondary N) is 3. The average Bonchev–Trinajstić information content (AvgIpc) is 3.47. The molecule has 3 unspecified atom stereocenters. The Morgan fingerprint density at radius 1 is 0.929 bits per heavy atom. The molecule has 2 aromatic heterocycles. The highest BCUT2D eigenvalue weighted by atomic mass is 16.5. The van der Waals surface area contributed by atoms with Crippen LogP contribution in [0.3, 0.4) is 0 Å². The Hall–Kier alpha value is -4.81. The number of anilines is 1. The molecule has 0 spiro atoms. The number of likely N-dealkylation sites (N-methyl/N-ethyl adjacent to an activating group) is 1. The number of fused-ring (bicyclic) bond motifs is 2. The van der Waals surface area contributed by atoms with E-state index in [2.05, 4.69) is 73.8 Å². The molecule has 298 valence electrons. The lowest BCUT2D eigenvalue weighted by molar-refractivity contribution is 0.171. The predicted molar refractivity (Wildman–Crippen MR) is 225 cm³/mol. The van der Waals surface area contributed by atoms with Gasteiger partial charge in [-0.05, 0) is 118 Å². The van der Waals surface area contributed by atoms with Gasteiger partial charge in [0, 0.05) is 44.4 Å². The van der Waals surface area contributed by atoms with Gasteiger partial charge in [0.05, 0.1) is 17.9 Å². The largest absolute Gasteiger partial charge is 0.484 e. The summed E-state index contributed by atoms with van der Waals surface area (Å²) >= 11 is 0. The van der Waals surface area contributed by atoms with Gasteiger partial charge in [-0.3, -0.25) is 9.72 Å². The van der Waals surface area contributed by atoms with E-state index in [1.807, 2.05) is 67.8 Å². The molecule has 2 aliphatic heterocycles. The third kappa shape index (κ3) is 9.76. The molecule has 2 aromatic carbocycles. The van der Waals surface area contributed by atoms with E-state index in [0.29, 0.717) is 24.0 Å². The van der Waals surface area contributed by atoms with Crippen molar-refractivity contribution in [2.24, 2.45) is 10.4 Å². The molecule has 2 fully saturated rings. The fourth-order valence-electron chi connectivity index (χ4n) is 8.12. The Morgan fingerprint density at radius 3 is 2.59 bits per heavy atom. The lowest BCUT2D eigenvalue weighted by Gasteiger charge is -2.33. The van der Waals surface area contributed by atoms with Gasteiger partial charge in [-0.2, -0.15) is 0 Å². The summed E-state index contributed by atoms with van der Waals surface area (Å²) in [5.41, 5.74) is 5.04. The number of urea groups is 1. The van der Waals surface area contributed by atoms with E-state index >= 15 is 0 Å². The first-order valence-corrected chi connectivity index (χ1v) is 20.6. The summed E-state index contributed by atoms with van der Waals surface area (Å²) in [5, 5.41) is 24.1. The van der Waals surface area contributed by atoms with E-state index in [1.54, 1.807) is 0 Å². The van der Waals surface area contributed by atoms with Gasteiger partial charge in [0.25, 0.3) is 0 Å². The van der Waals surface area contributed by atoms with E-state index in [9.17, 15) is 4.79 Å². The summed E-state index contributed by atoms with van der Waals surface area (Å²) in [6, 6.07) is 20.3. The second kappa shape index (κ2) is 17.5. The van der Waals surface area contributed by atoms with Crippen LogP contribution in [0.4, 0.5) is 16.4 Å². The number of hydrogen-bond donors (Lipinski definition) is 3. The average molecular weight is 761 g/mol. The van der Waals surface area contributed by atoms with E-state index in [1.165, 1.54) is 18.4 Å². The molecule has 1 aliphatic carbocycles. The minimum Gasteiger partial charge on any atom is -0.484 e. The van der Waals surface area contributed by atoms with Gasteiger partial charge in [0.15, 0.2) is 5.65 Å². The molecular weight excluding hydrogens is 701 g/mol. The van der Waals surface area contributed by atoms with Crippen molar-refractivity contribution in [3.05, 3.63) is 83.6 Å². The number of benzene rings is 2. The second-order valence-electron chi connectivity index (χ2n) is 17.0. The molecule has 4 heterocycles. The summed E-state index contributed by atoms with van der Waals surface area (Å²) in [6.45, 7) is 14.8. The number of amidine groups is 1. The second-order valence-corrected chi connectivity index (χ2v) is 17.0. The van der Waals surface area contributed by atoms with Gasteiger partial charge in [-0.1, -0.05) is 57.2 Å². The molecule has 4 aromatic rings. The van der Waals surface area contributed by atoms with Crippen LogP contribution < -0.4 is 20.3 Å². The maximum absolute atomic E-state index is 13.8. The van der Waals surface area contributed by atoms with Crippen LogP contribution in [0.1, 0.15) is 101 Å². The summed E-state index contributed by atoms with van der Waals surface area (Å²) < 4.78 is 8.74. The lowest BCUT2D eigenvalue weighted by Crippen LogP contribution is -2.43. The van der Waals surface area contributed by atoms with E-state index in [-0.39, 0.29) is 30.0 Å². The first kappa shape index (κ1) is 39.4. The highest BCUT2D eigenvalue weighted by Crippen LogP contribution is 2.39. The van der Waals surface area contributed by atoms with Crippen LogP contribution in [0.15, 0.2) is 71.9 Å². The zero-order valence-electron chi connectivity index (χ0n) is 33.9. The van der Waals surface area contributed by atoms with E-state index in [4.69, 9.17) is 15.1 Å². The van der Waals surface area contributed by atoms with Gasteiger partial charge in [0.1, 0.15) is 17.7 Å². The first-order chi connectivity index (χ1) is 27.0. The molecule has 0 saturated carbocycles. The molecule has 12 heteroatoms. The van der Waals surface area contributed by atoms with Gasteiger partial charge in [-0.25, -0.2) is 9.79 Å². The zero-order valence-corrected chi connectivity index (χ0v) is 33.9. The molecule has 0 bridgehead atoms.